The van der Waals surface area contributed by atoms with Gasteiger partial charge in [-0.2, -0.15) is 0 Å². The van der Waals surface area contributed by atoms with E-state index in [-0.39, 0.29) is 0 Å². The van der Waals surface area contributed by atoms with Crippen molar-refractivity contribution >= 4 is 0 Å². The third-order valence-electron chi connectivity index (χ3n) is 3.71. The van der Waals surface area contributed by atoms with Crippen LogP contribution >= 0.6 is 0 Å². The fourth-order valence-electron chi connectivity index (χ4n) is 2.72. The molecule has 2 N–H and O–H groups in total. The summed E-state index contributed by atoms with van der Waals surface area (Å²) in [5.41, 5.74) is 6.83. The third-order valence-corrected chi connectivity index (χ3v) is 3.71. The molecule has 0 radical (unpaired) electrons. The van der Waals surface area contributed by atoms with Crippen LogP contribution in [0, 0.1) is 5.92 Å². The van der Waals surface area contributed by atoms with Gasteiger partial charge < -0.3 is 15.2 Å². The smallest absolute Gasteiger partial charge is 0.164 e. The van der Waals surface area contributed by atoms with Gasteiger partial charge in [0.15, 0.2) is 11.5 Å². The van der Waals surface area contributed by atoms with Gasteiger partial charge >= 0.3 is 0 Å². The van der Waals surface area contributed by atoms with Gasteiger partial charge in [-0.3, -0.25) is 0 Å². The second kappa shape index (κ2) is 7.39. The molecule has 3 heteroatoms. The summed E-state index contributed by atoms with van der Waals surface area (Å²) in [7, 11) is 0. The maximum absolute atomic E-state index is 6.08. The molecule has 19 heavy (non-hydrogen) atoms. The summed E-state index contributed by atoms with van der Waals surface area (Å²) in [6.45, 7) is 4.10. The summed E-state index contributed by atoms with van der Waals surface area (Å²) in [5.74, 6) is 2.47. The quantitative estimate of drug-likeness (QED) is 0.822. The number of hydrogen-bond donors (Lipinski definition) is 1. The first kappa shape index (κ1) is 14.2. The largest absolute Gasteiger partial charge is 0.490 e. The second-order valence-electron chi connectivity index (χ2n) is 5.18. The molecule has 0 bridgehead atoms. The summed E-state index contributed by atoms with van der Waals surface area (Å²) in [6, 6.07) is 6.07. The van der Waals surface area contributed by atoms with Crippen molar-refractivity contribution in [2.75, 3.05) is 19.8 Å². The number of hydrogen-bond acceptors (Lipinski definition) is 3. The molecule has 0 atom stereocenters. The van der Waals surface area contributed by atoms with Crippen molar-refractivity contribution in [3.63, 3.8) is 0 Å². The molecule has 1 aromatic carbocycles. The third kappa shape index (κ3) is 3.87. The Balaban J connectivity index is 2.08. The maximum atomic E-state index is 6.08. The van der Waals surface area contributed by atoms with Crippen LogP contribution in [0.15, 0.2) is 18.2 Å². The molecule has 0 saturated heterocycles. The SMILES string of the molecule is CCOc1cccc(CCN)c1OCC1CCCC1. The standard InChI is InChI=1S/C16H25NO2/c1-2-18-15-9-5-8-14(10-11-17)16(15)19-12-13-6-3-4-7-13/h5,8-9,13H,2-4,6-7,10-12,17H2,1H3. The highest BCUT2D eigenvalue weighted by Crippen LogP contribution is 2.33. The predicted octanol–water partition coefficient (Wildman–Crippen LogP) is 3.16. The molecule has 1 aromatic rings. The summed E-state index contributed by atoms with van der Waals surface area (Å²) >= 11 is 0. The van der Waals surface area contributed by atoms with E-state index < -0.39 is 0 Å². The fourth-order valence-corrected chi connectivity index (χ4v) is 2.72. The van der Waals surface area contributed by atoms with Gasteiger partial charge in [-0.1, -0.05) is 25.0 Å². The fraction of sp³-hybridized carbons (Fsp3) is 0.625. The van der Waals surface area contributed by atoms with Crippen molar-refractivity contribution in [3.8, 4) is 11.5 Å². The van der Waals surface area contributed by atoms with Gasteiger partial charge in [0.1, 0.15) is 0 Å². The van der Waals surface area contributed by atoms with Gasteiger partial charge in [0, 0.05) is 0 Å². The molecule has 0 aromatic heterocycles. The van der Waals surface area contributed by atoms with Crippen molar-refractivity contribution in [2.24, 2.45) is 11.7 Å². The Morgan fingerprint density at radius 1 is 1.21 bits per heavy atom. The predicted molar refractivity (Wildman–Crippen MR) is 77.8 cm³/mol. The number of nitrogens with two attached hydrogens (primary N) is 1. The highest BCUT2D eigenvalue weighted by atomic mass is 16.5. The number of para-hydroxylation sites is 1. The zero-order valence-electron chi connectivity index (χ0n) is 11.9. The Kier molecular flexibility index (Phi) is 5.52. The minimum atomic E-state index is 0.634. The molecule has 0 aliphatic heterocycles. The van der Waals surface area contributed by atoms with Gasteiger partial charge in [0.05, 0.1) is 13.2 Å². The zero-order chi connectivity index (χ0) is 13.5. The lowest BCUT2D eigenvalue weighted by Crippen LogP contribution is -2.12. The molecule has 2 rings (SSSR count). The molecule has 106 valence electrons. The average molecular weight is 263 g/mol. The molecule has 0 unspecified atom stereocenters. The minimum absolute atomic E-state index is 0.634. The number of benzene rings is 1. The minimum Gasteiger partial charge on any atom is -0.490 e. The van der Waals surface area contributed by atoms with E-state index in [2.05, 4.69) is 6.07 Å². The van der Waals surface area contributed by atoms with E-state index in [0.29, 0.717) is 19.1 Å². The molecule has 1 aliphatic carbocycles. The Labute approximate surface area is 116 Å². The van der Waals surface area contributed by atoms with Crippen molar-refractivity contribution in [1.29, 1.82) is 0 Å². The van der Waals surface area contributed by atoms with Gasteiger partial charge in [-0.25, -0.2) is 0 Å². The normalized spacial score (nSPS) is 15.7. The lowest BCUT2D eigenvalue weighted by Gasteiger charge is -2.18. The van der Waals surface area contributed by atoms with E-state index in [1.54, 1.807) is 0 Å². The Hall–Kier alpha value is -1.22. The first-order valence-electron chi connectivity index (χ1n) is 7.42. The van der Waals surface area contributed by atoms with Crippen LogP contribution < -0.4 is 15.2 Å². The van der Waals surface area contributed by atoms with E-state index in [4.69, 9.17) is 15.2 Å². The Morgan fingerprint density at radius 2 is 2.00 bits per heavy atom. The number of ether oxygens (including phenoxy) is 2. The molecule has 1 saturated carbocycles. The van der Waals surface area contributed by atoms with Gasteiger partial charge in [-0.05, 0) is 50.3 Å². The van der Waals surface area contributed by atoms with Crippen molar-refractivity contribution in [1.82, 2.24) is 0 Å². The Bertz CT molecular complexity index is 362. The van der Waals surface area contributed by atoms with Gasteiger partial charge in [0.25, 0.3) is 0 Å². The summed E-state index contributed by atoms with van der Waals surface area (Å²) in [5, 5.41) is 0. The van der Waals surface area contributed by atoms with Crippen LogP contribution in [0.25, 0.3) is 0 Å². The van der Waals surface area contributed by atoms with E-state index >= 15 is 0 Å². The van der Waals surface area contributed by atoms with Crippen LogP contribution in [-0.4, -0.2) is 19.8 Å². The molecule has 1 aliphatic rings. The molecule has 3 nitrogen and oxygen atoms in total. The number of rotatable bonds is 7. The van der Waals surface area contributed by atoms with E-state index in [9.17, 15) is 0 Å². The van der Waals surface area contributed by atoms with Crippen LogP contribution in [0.1, 0.15) is 38.2 Å². The van der Waals surface area contributed by atoms with Crippen molar-refractivity contribution in [3.05, 3.63) is 23.8 Å². The maximum Gasteiger partial charge on any atom is 0.164 e. The molecule has 0 spiro atoms. The highest BCUT2D eigenvalue weighted by molar-refractivity contribution is 5.46. The summed E-state index contributed by atoms with van der Waals surface area (Å²) in [6.07, 6.45) is 6.11. The van der Waals surface area contributed by atoms with Crippen LogP contribution in [0.4, 0.5) is 0 Å². The van der Waals surface area contributed by atoms with Crippen molar-refractivity contribution < 1.29 is 9.47 Å². The molecule has 1 fully saturated rings. The Morgan fingerprint density at radius 3 is 2.68 bits per heavy atom. The highest BCUT2D eigenvalue weighted by Gasteiger charge is 2.18. The van der Waals surface area contributed by atoms with E-state index in [0.717, 1.165) is 30.1 Å². The first-order valence-corrected chi connectivity index (χ1v) is 7.42. The average Bonchev–Trinajstić information content (AvgIpc) is 2.92. The van der Waals surface area contributed by atoms with E-state index in [1.165, 1.54) is 25.7 Å². The van der Waals surface area contributed by atoms with Crippen LogP contribution in [0.5, 0.6) is 11.5 Å². The van der Waals surface area contributed by atoms with Crippen molar-refractivity contribution in [2.45, 2.75) is 39.0 Å². The van der Waals surface area contributed by atoms with Gasteiger partial charge in [0.2, 0.25) is 0 Å². The monoisotopic (exact) mass is 263 g/mol. The van der Waals surface area contributed by atoms with Gasteiger partial charge in [-0.15, -0.1) is 0 Å². The van der Waals surface area contributed by atoms with E-state index in [1.807, 2.05) is 19.1 Å². The molecular formula is C16H25NO2. The zero-order valence-corrected chi connectivity index (χ0v) is 11.9. The van der Waals surface area contributed by atoms with Crippen LogP contribution in [0.2, 0.25) is 0 Å². The first-order chi connectivity index (χ1) is 9.35. The lowest BCUT2D eigenvalue weighted by molar-refractivity contribution is 0.232. The lowest BCUT2D eigenvalue weighted by atomic mass is 10.1. The van der Waals surface area contributed by atoms with Crippen LogP contribution in [-0.2, 0) is 6.42 Å². The summed E-state index contributed by atoms with van der Waals surface area (Å²) in [4.78, 5) is 0. The second-order valence-corrected chi connectivity index (χ2v) is 5.18. The summed E-state index contributed by atoms with van der Waals surface area (Å²) < 4.78 is 11.8. The molecule has 0 heterocycles. The molecule has 0 amide bonds. The molecular weight excluding hydrogens is 238 g/mol. The topological polar surface area (TPSA) is 44.5 Å². The van der Waals surface area contributed by atoms with Crippen LogP contribution in [0.3, 0.4) is 0 Å².